The number of hydrogen-bond donors (Lipinski definition) is 1. The van der Waals surface area contributed by atoms with Crippen molar-refractivity contribution in [2.75, 3.05) is 17.5 Å². The van der Waals surface area contributed by atoms with Gasteiger partial charge in [0.05, 0.1) is 11.9 Å². The largest absolute Gasteiger partial charge is 0.476 e. The van der Waals surface area contributed by atoms with Crippen molar-refractivity contribution in [3.63, 3.8) is 0 Å². The Kier molecular flexibility index (Phi) is 5.60. The van der Waals surface area contributed by atoms with Gasteiger partial charge in [0, 0.05) is 25.1 Å². The second-order valence-corrected chi connectivity index (χ2v) is 9.02. The number of benzene rings is 1. The van der Waals surface area contributed by atoms with Gasteiger partial charge in [-0.15, -0.1) is 0 Å². The van der Waals surface area contributed by atoms with Gasteiger partial charge in [-0.25, -0.2) is 13.2 Å². The minimum absolute atomic E-state index is 0.225. The zero-order valence-corrected chi connectivity index (χ0v) is 16.3. The molecule has 0 atom stereocenters. The molecule has 0 unspecified atom stereocenters. The van der Waals surface area contributed by atoms with Gasteiger partial charge < -0.3 is 9.47 Å². The molecule has 1 N–H and O–H groups in total. The van der Waals surface area contributed by atoms with Crippen LogP contribution in [-0.2, 0) is 21.6 Å². The number of nitrogens with zero attached hydrogens (tertiary/aromatic N) is 2. The van der Waals surface area contributed by atoms with Gasteiger partial charge in [-0.3, -0.25) is 10.00 Å². The van der Waals surface area contributed by atoms with Crippen LogP contribution in [-0.4, -0.2) is 42.1 Å². The highest BCUT2D eigenvalue weighted by Gasteiger charge is 2.18. The number of ether oxygens (including phenoxy) is 2. The van der Waals surface area contributed by atoms with E-state index in [1.54, 1.807) is 56.9 Å². The zero-order valence-electron chi connectivity index (χ0n) is 15.4. The Hall–Kier alpha value is -2.55. The summed E-state index contributed by atoms with van der Waals surface area (Å²) >= 11 is 0. The van der Waals surface area contributed by atoms with Gasteiger partial charge in [0.2, 0.25) is 0 Å². The van der Waals surface area contributed by atoms with Gasteiger partial charge in [0.15, 0.2) is 15.8 Å². The molecule has 1 aromatic carbocycles. The first kappa shape index (κ1) is 19.8. The quantitative estimate of drug-likeness (QED) is 0.855. The molecule has 0 saturated heterocycles. The highest BCUT2D eigenvalue weighted by atomic mass is 32.2. The Morgan fingerprint density at radius 1 is 1.27 bits per heavy atom. The van der Waals surface area contributed by atoms with Crippen molar-refractivity contribution >= 4 is 21.6 Å². The highest BCUT2D eigenvalue weighted by molar-refractivity contribution is 7.90. The molecule has 0 bridgehead atoms. The number of carbonyl (C=O) groups excluding carboxylic acids is 1. The van der Waals surface area contributed by atoms with Crippen molar-refractivity contribution in [2.24, 2.45) is 7.05 Å². The SMILES string of the molecule is Cn1cc(-c2ccc(NC(=O)OC(C)(C)C)c(OCS(C)(=O)=O)c2)cn1. The molecule has 0 fully saturated rings. The topological polar surface area (TPSA) is 99.5 Å². The zero-order chi connectivity index (χ0) is 19.5. The summed E-state index contributed by atoms with van der Waals surface area (Å²) in [7, 11) is -1.56. The van der Waals surface area contributed by atoms with Crippen molar-refractivity contribution in [1.29, 1.82) is 0 Å². The molecule has 26 heavy (non-hydrogen) atoms. The number of carbonyl (C=O) groups is 1. The molecule has 2 aromatic rings. The Balaban J connectivity index is 2.31. The fourth-order valence-corrected chi connectivity index (χ4v) is 2.42. The maximum atomic E-state index is 12.0. The minimum Gasteiger partial charge on any atom is -0.476 e. The number of nitrogens with one attached hydrogen (secondary N) is 1. The first-order valence-corrected chi connectivity index (χ1v) is 9.92. The molecule has 0 aliphatic heterocycles. The van der Waals surface area contributed by atoms with E-state index >= 15 is 0 Å². The van der Waals surface area contributed by atoms with E-state index in [1.807, 2.05) is 6.20 Å². The third-order valence-electron chi connectivity index (χ3n) is 3.08. The number of aromatic nitrogens is 2. The second-order valence-electron chi connectivity index (χ2n) is 6.93. The van der Waals surface area contributed by atoms with Crippen LogP contribution in [0.1, 0.15) is 20.8 Å². The van der Waals surface area contributed by atoms with Crippen LogP contribution in [0.4, 0.5) is 10.5 Å². The number of sulfone groups is 1. The first-order valence-electron chi connectivity index (χ1n) is 7.86. The van der Waals surface area contributed by atoms with Crippen molar-refractivity contribution in [1.82, 2.24) is 9.78 Å². The molecular formula is C17H23N3O5S. The van der Waals surface area contributed by atoms with E-state index in [9.17, 15) is 13.2 Å². The summed E-state index contributed by atoms with van der Waals surface area (Å²) in [5, 5.41) is 6.69. The number of amides is 1. The average molecular weight is 381 g/mol. The van der Waals surface area contributed by atoms with Gasteiger partial charge >= 0.3 is 6.09 Å². The van der Waals surface area contributed by atoms with Gasteiger partial charge in [-0.2, -0.15) is 5.10 Å². The fraction of sp³-hybridized carbons (Fsp3) is 0.412. The van der Waals surface area contributed by atoms with Crippen LogP contribution < -0.4 is 10.1 Å². The average Bonchev–Trinajstić information content (AvgIpc) is 2.90. The molecule has 0 saturated carbocycles. The van der Waals surface area contributed by atoms with E-state index < -0.39 is 27.5 Å². The summed E-state index contributed by atoms with van der Waals surface area (Å²) in [5.41, 5.74) is 1.26. The Morgan fingerprint density at radius 2 is 1.96 bits per heavy atom. The number of hydrogen-bond acceptors (Lipinski definition) is 6. The molecule has 1 heterocycles. The third kappa shape index (κ3) is 6.07. The molecule has 0 spiro atoms. The molecule has 2 rings (SSSR count). The van der Waals surface area contributed by atoms with E-state index in [0.29, 0.717) is 5.69 Å². The van der Waals surface area contributed by atoms with Gasteiger partial charge in [0.1, 0.15) is 11.4 Å². The van der Waals surface area contributed by atoms with Crippen molar-refractivity contribution in [3.8, 4) is 16.9 Å². The van der Waals surface area contributed by atoms with Crippen molar-refractivity contribution < 1.29 is 22.7 Å². The summed E-state index contributed by atoms with van der Waals surface area (Å²) in [6.07, 6.45) is 3.91. The van der Waals surface area contributed by atoms with E-state index in [0.717, 1.165) is 17.4 Å². The van der Waals surface area contributed by atoms with E-state index in [4.69, 9.17) is 9.47 Å². The Bertz CT molecular complexity index is 897. The predicted octanol–water partition coefficient (Wildman–Crippen LogP) is 2.82. The summed E-state index contributed by atoms with van der Waals surface area (Å²) < 4.78 is 35.2. The molecular weight excluding hydrogens is 358 g/mol. The van der Waals surface area contributed by atoms with Crippen LogP contribution in [0, 0.1) is 0 Å². The maximum Gasteiger partial charge on any atom is 0.412 e. The lowest BCUT2D eigenvalue weighted by molar-refractivity contribution is 0.0635. The number of anilines is 1. The summed E-state index contributed by atoms with van der Waals surface area (Å²) in [4.78, 5) is 12.0. The smallest absolute Gasteiger partial charge is 0.412 e. The van der Waals surface area contributed by atoms with Crippen LogP contribution in [0.5, 0.6) is 5.75 Å². The number of aryl methyl sites for hydroxylation is 1. The molecule has 142 valence electrons. The molecule has 1 aromatic heterocycles. The van der Waals surface area contributed by atoms with Crippen LogP contribution >= 0.6 is 0 Å². The molecule has 0 aliphatic rings. The van der Waals surface area contributed by atoms with Gasteiger partial charge in [0.25, 0.3) is 0 Å². The summed E-state index contributed by atoms with van der Waals surface area (Å²) in [6.45, 7) is 5.25. The lowest BCUT2D eigenvalue weighted by atomic mass is 10.1. The second kappa shape index (κ2) is 7.36. The maximum absolute atomic E-state index is 12.0. The van der Waals surface area contributed by atoms with E-state index in [2.05, 4.69) is 10.4 Å². The monoisotopic (exact) mass is 381 g/mol. The standard InChI is InChI=1S/C17H23N3O5S/c1-17(2,3)25-16(21)19-14-7-6-12(13-9-18-20(4)10-13)8-15(14)24-11-26(5,22)23/h6-10H,11H2,1-5H3,(H,19,21). The van der Waals surface area contributed by atoms with E-state index in [-0.39, 0.29) is 5.75 Å². The van der Waals surface area contributed by atoms with Crippen LogP contribution in [0.2, 0.25) is 0 Å². The first-order chi connectivity index (χ1) is 11.9. The third-order valence-corrected chi connectivity index (χ3v) is 3.63. The summed E-state index contributed by atoms with van der Waals surface area (Å²) in [5.74, 6) is -0.283. The van der Waals surface area contributed by atoms with Crippen LogP contribution in [0.15, 0.2) is 30.6 Å². The molecule has 1 amide bonds. The minimum atomic E-state index is -3.35. The Morgan fingerprint density at radius 3 is 2.50 bits per heavy atom. The summed E-state index contributed by atoms with van der Waals surface area (Å²) in [6, 6.07) is 5.05. The predicted molar refractivity (Wildman–Crippen MR) is 98.8 cm³/mol. The van der Waals surface area contributed by atoms with Gasteiger partial charge in [-0.1, -0.05) is 6.07 Å². The molecule has 0 aliphatic carbocycles. The van der Waals surface area contributed by atoms with Crippen molar-refractivity contribution in [2.45, 2.75) is 26.4 Å². The highest BCUT2D eigenvalue weighted by Crippen LogP contribution is 2.31. The van der Waals surface area contributed by atoms with Gasteiger partial charge in [-0.05, 0) is 38.5 Å². The normalized spacial score (nSPS) is 11.9. The van der Waals surface area contributed by atoms with Crippen LogP contribution in [0.3, 0.4) is 0 Å². The molecule has 8 nitrogen and oxygen atoms in total. The molecule has 0 radical (unpaired) electrons. The van der Waals surface area contributed by atoms with E-state index in [1.165, 1.54) is 0 Å². The lowest BCUT2D eigenvalue weighted by Gasteiger charge is -2.20. The van der Waals surface area contributed by atoms with Crippen LogP contribution in [0.25, 0.3) is 11.1 Å². The molecule has 9 heteroatoms. The van der Waals surface area contributed by atoms with Crippen molar-refractivity contribution in [3.05, 3.63) is 30.6 Å². The Labute approximate surface area is 153 Å². The lowest BCUT2D eigenvalue weighted by Crippen LogP contribution is -2.27. The number of rotatable bonds is 5. The fourth-order valence-electron chi connectivity index (χ4n) is 2.08.